The minimum atomic E-state index is -0.146. The van der Waals surface area contributed by atoms with Gasteiger partial charge in [0, 0.05) is 13.5 Å². The van der Waals surface area contributed by atoms with E-state index in [1.165, 1.54) is 29.4 Å². The fourth-order valence-electron chi connectivity index (χ4n) is 5.57. The number of esters is 1. The lowest BCUT2D eigenvalue weighted by Crippen LogP contribution is -2.33. The maximum atomic E-state index is 14.3. The van der Waals surface area contributed by atoms with Crippen molar-refractivity contribution in [3.8, 4) is 0 Å². The third-order valence-electron chi connectivity index (χ3n) is 8.00. The second kappa shape index (κ2) is 11.3. The first-order chi connectivity index (χ1) is 17.3. The van der Waals surface area contributed by atoms with Crippen LogP contribution >= 0.6 is 0 Å². The number of allylic oxidation sites excluding steroid dienone is 3. The van der Waals surface area contributed by atoms with Crippen LogP contribution in [0, 0.1) is 11.7 Å². The molecule has 4 nitrogen and oxygen atoms in total. The number of nitrogens with zero attached hydrogens (tertiary/aromatic N) is 1. The van der Waals surface area contributed by atoms with E-state index in [1.54, 1.807) is 6.07 Å². The number of anilines is 2. The van der Waals surface area contributed by atoms with Crippen LogP contribution in [0.2, 0.25) is 0 Å². The fraction of sp³-hybridized carbons (Fsp3) is 0.452. The second-order valence-electron chi connectivity index (χ2n) is 10.4. The highest BCUT2D eigenvalue weighted by Crippen LogP contribution is 2.39. The van der Waals surface area contributed by atoms with Crippen LogP contribution in [0.15, 0.2) is 54.1 Å². The van der Waals surface area contributed by atoms with Gasteiger partial charge in [-0.1, -0.05) is 43.3 Å². The zero-order valence-electron chi connectivity index (χ0n) is 22.2. The van der Waals surface area contributed by atoms with Gasteiger partial charge in [-0.25, -0.2) is 4.39 Å². The van der Waals surface area contributed by atoms with Crippen LogP contribution in [0.25, 0.3) is 5.57 Å². The monoisotopic (exact) mass is 490 g/mol. The molecule has 0 radical (unpaired) electrons. The van der Waals surface area contributed by atoms with E-state index < -0.39 is 0 Å². The molecule has 2 aromatic rings. The number of fused-ring (bicyclic) bond motifs is 1. The molecule has 1 fully saturated rings. The molecule has 1 heterocycles. The highest BCUT2D eigenvalue weighted by Gasteiger charge is 2.28. The number of aryl methyl sites for hydroxylation is 1. The van der Waals surface area contributed by atoms with E-state index >= 15 is 0 Å². The normalized spacial score (nSPS) is 22.3. The standard InChI is InChI=1S/C31H39FN2O2/c1-6-23-18-29-28(19-27(23)32)33-31(34(29)4)21(3)8-7-20(2)24-13-15-26(16-14-24)25-11-9-22(10-12-25)17-30(35)36-5/h7-8,13-16,18-19,22,25,31,33H,6,9-12,17H2,1-5H3. The quantitative estimate of drug-likeness (QED) is 0.323. The van der Waals surface area contributed by atoms with Crippen LogP contribution in [0.5, 0.6) is 0 Å². The number of carbonyl (C=O) groups is 1. The lowest BCUT2D eigenvalue weighted by molar-refractivity contribution is -0.142. The summed E-state index contributed by atoms with van der Waals surface area (Å²) in [6.07, 6.45) is 10.00. The third-order valence-corrected chi connectivity index (χ3v) is 8.00. The van der Waals surface area contributed by atoms with Gasteiger partial charge in [0.1, 0.15) is 12.0 Å². The maximum Gasteiger partial charge on any atom is 0.305 e. The number of hydrogen-bond donors (Lipinski definition) is 1. The van der Waals surface area contributed by atoms with Crippen molar-refractivity contribution in [3.63, 3.8) is 0 Å². The van der Waals surface area contributed by atoms with Gasteiger partial charge in [-0.15, -0.1) is 0 Å². The molecule has 0 spiro atoms. The minimum absolute atomic E-state index is 0.00671. The topological polar surface area (TPSA) is 41.6 Å². The molecular weight excluding hydrogens is 451 g/mol. The van der Waals surface area contributed by atoms with Gasteiger partial charge in [0.15, 0.2) is 0 Å². The van der Waals surface area contributed by atoms with Crippen molar-refractivity contribution in [2.24, 2.45) is 5.92 Å². The number of rotatable bonds is 7. The van der Waals surface area contributed by atoms with E-state index in [2.05, 4.69) is 67.5 Å². The molecule has 1 N–H and O–H groups in total. The van der Waals surface area contributed by atoms with Gasteiger partial charge in [0.2, 0.25) is 0 Å². The lowest BCUT2D eigenvalue weighted by Gasteiger charge is -2.28. The van der Waals surface area contributed by atoms with Crippen molar-refractivity contribution in [3.05, 3.63) is 76.6 Å². The van der Waals surface area contributed by atoms with E-state index in [1.807, 2.05) is 13.0 Å². The zero-order valence-corrected chi connectivity index (χ0v) is 22.2. The van der Waals surface area contributed by atoms with E-state index in [9.17, 15) is 9.18 Å². The molecule has 1 unspecified atom stereocenters. The molecule has 0 saturated heterocycles. The predicted octanol–water partition coefficient (Wildman–Crippen LogP) is 7.46. The number of carbonyl (C=O) groups excluding carboxylic acids is 1. The smallest absolute Gasteiger partial charge is 0.305 e. The SMILES string of the molecule is CCc1cc2c(cc1F)NC(C(C)=CC=C(C)c1ccc(C3CCC(CC(=O)OC)CC3)cc1)N2C. The minimum Gasteiger partial charge on any atom is -0.469 e. The van der Waals surface area contributed by atoms with Gasteiger partial charge in [-0.2, -0.15) is 0 Å². The number of methoxy groups -OCH3 is 1. The van der Waals surface area contributed by atoms with Crippen molar-refractivity contribution in [2.45, 2.75) is 71.4 Å². The number of likely N-dealkylation sites (N-methyl/N-ethyl adjacent to an activating group) is 1. The van der Waals surface area contributed by atoms with Crippen LogP contribution < -0.4 is 10.2 Å². The molecule has 2 aliphatic rings. The molecule has 2 aromatic carbocycles. The molecule has 0 aromatic heterocycles. The Hall–Kier alpha value is -3.08. The number of ether oxygens (including phenoxy) is 1. The van der Waals surface area contributed by atoms with E-state index in [0.29, 0.717) is 24.7 Å². The second-order valence-corrected chi connectivity index (χ2v) is 10.4. The van der Waals surface area contributed by atoms with Crippen LogP contribution in [-0.4, -0.2) is 26.3 Å². The summed E-state index contributed by atoms with van der Waals surface area (Å²) in [5.74, 6) is 0.798. The first-order valence-electron chi connectivity index (χ1n) is 13.1. The van der Waals surface area contributed by atoms with Crippen molar-refractivity contribution >= 4 is 22.9 Å². The Morgan fingerprint density at radius 2 is 1.81 bits per heavy atom. The summed E-state index contributed by atoms with van der Waals surface area (Å²) in [5.41, 5.74) is 7.63. The van der Waals surface area contributed by atoms with Gasteiger partial charge in [0.05, 0.1) is 18.5 Å². The average Bonchev–Trinajstić information content (AvgIpc) is 3.21. The molecule has 0 amide bonds. The number of hydrogen-bond acceptors (Lipinski definition) is 4. The molecular formula is C31H39FN2O2. The van der Waals surface area contributed by atoms with E-state index in [-0.39, 0.29) is 18.0 Å². The molecule has 1 aliphatic heterocycles. The summed E-state index contributed by atoms with van der Waals surface area (Å²) in [4.78, 5) is 13.7. The Kier molecular flexibility index (Phi) is 8.17. The molecule has 0 bridgehead atoms. The molecule has 1 saturated carbocycles. The zero-order chi connectivity index (χ0) is 25.8. The molecule has 1 atom stereocenters. The van der Waals surface area contributed by atoms with Gasteiger partial charge < -0.3 is 15.0 Å². The van der Waals surface area contributed by atoms with Gasteiger partial charge in [0.25, 0.3) is 0 Å². The molecule has 4 rings (SSSR count). The summed E-state index contributed by atoms with van der Waals surface area (Å²) in [7, 11) is 3.52. The Bertz CT molecular complexity index is 1140. The van der Waals surface area contributed by atoms with Crippen molar-refractivity contribution < 1.29 is 13.9 Å². The van der Waals surface area contributed by atoms with E-state index in [0.717, 1.165) is 42.6 Å². The van der Waals surface area contributed by atoms with Gasteiger partial charge in [-0.05, 0) is 97.8 Å². The predicted molar refractivity (Wildman–Crippen MR) is 147 cm³/mol. The van der Waals surface area contributed by atoms with Crippen molar-refractivity contribution in [1.82, 2.24) is 0 Å². The Labute approximate surface area is 215 Å². The van der Waals surface area contributed by atoms with Gasteiger partial charge >= 0.3 is 5.97 Å². The van der Waals surface area contributed by atoms with Crippen molar-refractivity contribution in [1.29, 1.82) is 0 Å². The van der Waals surface area contributed by atoms with Crippen LogP contribution in [-0.2, 0) is 16.0 Å². The van der Waals surface area contributed by atoms with Gasteiger partial charge in [-0.3, -0.25) is 4.79 Å². The maximum absolute atomic E-state index is 14.3. The molecule has 192 valence electrons. The fourth-order valence-corrected chi connectivity index (χ4v) is 5.57. The van der Waals surface area contributed by atoms with E-state index in [4.69, 9.17) is 4.74 Å². The van der Waals surface area contributed by atoms with Crippen molar-refractivity contribution in [2.75, 3.05) is 24.4 Å². The molecule has 1 aliphatic carbocycles. The number of benzene rings is 2. The van der Waals surface area contributed by atoms with Crippen LogP contribution in [0.4, 0.5) is 15.8 Å². The first-order valence-corrected chi connectivity index (χ1v) is 13.1. The largest absolute Gasteiger partial charge is 0.469 e. The van der Waals surface area contributed by atoms with Crippen LogP contribution in [0.1, 0.15) is 75.5 Å². The Balaban J connectivity index is 1.38. The Morgan fingerprint density at radius 1 is 1.11 bits per heavy atom. The lowest BCUT2D eigenvalue weighted by atomic mass is 9.77. The summed E-state index contributed by atoms with van der Waals surface area (Å²) in [5, 5.41) is 3.46. The highest BCUT2D eigenvalue weighted by molar-refractivity contribution is 5.78. The Morgan fingerprint density at radius 3 is 2.44 bits per heavy atom. The summed E-state index contributed by atoms with van der Waals surface area (Å²) in [6, 6.07) is 12.5. The summed E-state index contributed by atoms with van der Waals surface area (Å²) < 4.78 is 19.1. The third kappa shape index (κ3) is 5.66. The molecule has 5 heteroatoms. The highest BCUT2D eigenvalue weighted by atomic mass is 19.1. The number of halogens is 1. The van der Waals surface area contributed by atoms with Crippen LogP contribution in [0.3, 0.4) is 0 Å². The molecule has 36 heavy (non-hydrogen) atoms. The summed E-state index contributed by atoms with van der Waals surface area (Å²) in [6.45, 7) is 6.23. The number of nitrogens with one attached hydrogen (secondary N) is 1. The average molecular weight is 491 g/mol. The first kappa shape index (κ1) is 26.0. The summed E-state index contributed by atoms with van der Waals surface area (Å²) >= 11 is 0.